The molecule has 0 amide bonds. The van der Waals surface area contributed by atoms with Gasteiger partial charge in [0.25, 0.3) is 0 Å². The van der Waals surface area contributed by atoms with Gasteiger partial charge in [-0.1, -0.05) is 0 Å². The zero-order chi connectivity index (χ0) is 17.1. The maximum Gasteiger partial charge on any atom is 0.341 e. The van der Waals surface area contributed by atoms with Crippen LogP contribution in [0.4, 0.5) is 10.1 Å². The number of ether oxygens (including phenoxy) is 2. The van der Waals surface area contributed by atoms with Crippen LogP contribution < -0.4 is 4.90 Å². The molecule has 6 heteroatoms. The molecule has 1 atom stereocenters. The summed E-state index contributed by atoms with van der Waals surface area (Å²) in [5.41, 5.74) is 1.66. The largest absolute Gasteiger partial charge is 0.462 e. The molecule has 0 aliphatic carbocycles. The molecule has 0 radical (unpaired) electrons. The SMILES string of the molecule is CCOC(=O)c1cnc2ccc(F)cc2c1N(C)CC1CCOC1. The maximum absolute atomic E-state index is 13.8. The number of pyridine rings is 1. The molecule has 1 aliphatic rings. The minimum absolute atomic E-state index is 0.277. The van der Waals surface area contributed by atoms with Crippen LogP contribution >= 0.6 is 0 Å². The molecule has 2 aromatic rings. The van der Waals surface area contributed by atoms with Gasteiger partial charge < -0.3 is 14.4 Å². The Labute approximate surface area is 140 Å². The van der Waals surface area contributed by atoms with Crippen LogP contribution in [0.25, 0.3) is 10.9 Å². The lowest BCUT2D eigenvalue weighted by molar-refractivity contribution is 0.0527. The van der Waals surface area contributed by atoms with E-state index in [9.17, 15) is 9.18 Å². The molecule has 1 unspecified atom stereocenters. The number of fused-ring (bicyclic) bond motifs is 1. The first-order chi connectivity index (χ1) is 11.6. The molecule has 3 rings (SSSR count). The summed E-state index contributed by atoms with van der Waals surface area (Å²) in [4.78, 5) is 18.6. The quantitative estimate of drug-likeness (QED) is 0.788. The number of carbonyl (C=O) groups excluding carboxylic acids is 1. The standard InChI is InChI=1S/C18H21FN2O3/c1-3-24-18(22)15-9-20-16-5-4-13(19)8-14(16)17(15)21(2)10-12-6-7-23-11-12/h4-5,8-9,12H,3,6-7,10-11H2,1-2H3. The monoisotopic (exact) mass is 332 g/mol. The molecular formula is C18H21FN2O3. The molecule has 5 nitrogen and oxygen atoms in total. The Balaban J connectivity index is 2.06. The Morgan fingerprint density at radius 1 is 1.50 bits per heavy atom. The minimum atomic E-state index is -0.444. The van der Waals surface area contributed by atoms with E-state index in [0.29, 0.717) is 34.7 Å². The number of rotatable bonds is 5. The molecule has 24 heavy (non-hydrogen) atoms. The summed E-state index contributed by atoms with van der Waals surface area (Å²) in [7, 11) is 1.90. The number of halogens is 1. The Kier molecular flexibility index (Phi) is 4.94. The summed E-state index contributed by atoms with van der Waals surface area (Å²) in [6, 6.07) is 4.41. The van der Waals surface area contributed by atoms with Gasteiger partial charge in [-0.25, -0.2) is 9.18 Å². The molecule has 0 spiro atoms. The van der Waals surface area contributed by atoms with E-state index in [1.165, 1.54) is 18.3 Å². The predicted octanol–water partition coefficient (Wildman–Crippen LogP) is 3.02. The molecular weight excluding hydrogens is 311 g/mol. The van der Waals surface area contributed by atoms with E-state index in [1.54, 1.807) is 13.0 Å². The van der Waals surface area contributed by atoms with Crippen LogP contribution in [0, 0.1) is 11.7 Å². The van der Waals surface area contributed by atoms with Gasteiger partial charge in [0.1, 0.15) is 11.4 Å². The number of esters is 1. The van der Waals surface area contributed by atoms with Crippen molar-refractivity contribution in [1.29, 1.82) is 0 Å². The summed E-state index contributed by atoms with van der Waals surface area (Å²) in [6.07, 6.45) is 2.49. The summed E-state index contributed by atoms with van der Waals surface area (Å²) in [5, 5.41) is 0.613. The molecule has 0 N–H and O–H groups in total. The van der Waals surface area contributed by atoms with Gasteiger partial charge in [-0.3, -0.25) is 4.98 Å². The van der Waals surface area contributed by atoms with Crippen molar-refractivity contribution in [1.82, 2.24) is 4.98 Å². The lowest BCUT2D eigenvalue weighted by Gasteiger charge is -2.25. The molecule has 1 fully saturated rings. The van der Waals surface area contributed by atoms with E-state index < -0.39 is 5.97 Å². The fraction of sp³-hybridized carbons (Fsp3) is 0.444. The fourth-order valence-electron chi connectivity index (χ4n) is 3.13. The topological polar surface area (TPSA) is 51.7 Å². The lowest BCUT2D eigenvalue weighted by atomic mass is 10.0. The zero-order valence-corrected chi connectivity index (χ0v) is 13.9. The lowest BCUT2D eigenvalue weighted by Crippen LogP contribution is -2.28. The van der Waals surface area contributed by atoms with E-state index >= 15 is 0 Å². The van der Waals surface area contributed by atoms with Crippen LogP contribution in [-0.4, -0.2) is 44.4 Å². The van der Waals surface area contributed by atoms with Crippen molar-refractivity contribution in [2.45, 2.75) is 13.3 Å². The highest BCUT2D eigenvalue weighted by Gasteiger charge is 2.23. The van der Waals surface area contributed by atoms with Crippen molar-refractivity contribution in [2.24, 2.45) is 5.92 Å². The summed E-state index contributed by atoms with van der Waals surface area (Å²) >= 11 is 0. The predicted molar refractivity (Wildman–Crippen MR) is 89.9 cm³/mol. The minimum Gasteiger partial charge on any atom is -0.462 e. The average Bonchev–Trinajstić information content (AvgIpc) is 3.06. The van der Waals surface area contributed by atoms with Gasteiger partial charge in [-0.15, -0.1) is 0 Å². The van der Waals surface area contributed by atoms with E-state index in [0.717, 1.165) is 19.6 Å². The molecule has 0 saturated carbocycles. The number of benzene rings is 1. The average molecular weight is 332 g/mol. The van der Waals surface area contributed by atoms with Crippen molar-refractivity contribution < 1.29 is 18.7 Å². The molecule has 0 bridgehead atoms. The van der Waals surface area contributed by atoms with E-state index in [2.05, 4.69) is 4.98 Å². The van der Waals surface area contributed by atoms with Gasteiger partial charge in [0.2, 0.25) is 0 Å². The van der Waals surface area contributed by atoms with Gasteiger partial charge in [0.05, 0.1) is 24.4 Å². The van der Waals surface area contributed by atoms with E-state index in [4.69, 9.17) is 9.47 Å². The van der Waals surface area contributed by atoms with Crippen molar-refractivity contribution in [2.75, 3.05) is 38.3 Å². The Hall–Kier alpha value is -2.21. The van der Waals surface area contributed by atoms with Crippen LogP contribution in [0.2, 0.25) is 0 Å². The number of anilines is 1. The first-order valence-corrected chi connectivity index (χ1v) is 8.14. The van der Waals surface area contributed by atoms with E-state index in [-0.39, 0.29) is 12.4 Å². The number of nitrogens with zero attached hydrogens (tertiary/aromatic N) is 2. The normalized spacial score (nSPS) is 17.2. The highest BCUT2D eigenvalue weighted by Crippen LogP contribution is 2.31. The van der Waals surface area contributed by atoms with Crippen molar-refractivity contribution in [3.05, 3.63) is 35.8 Å². The highest BCUT2D eigenvalue weighted by molar-refractivity contribution is 6.05. The second kappa shape index (κ2) is 7.13. The highest BCUT2D eigenvalue weighted by atomic mass is 19.1. The summed E-state index contributed by atoms with van der Waals surface area (Å²) in [5.74, 6) is -0.410. The molecule has 128 valence electrons. The fourth-order valence-corrected chi connectivity index (χ4v) is 3.13. The number of hydrogen-bond donors (Lipinski definition) is 0. The van der Waals surface area contributed by atoms with Crippen molar-refractivity contribution in [3.8, 4) is 0 Å². The second-order valence-electron chi connectivity index (χ2n) is 6.01. The Bertz CT molecular complexity index is 744. The Morgan fingerprint density at radius 3 is 3.04 bits per heavy atom. The van der Waals surface area contributed by atoms with Gasteiger partial charge in [-0.05, 0) is 31.5 Å². The van der Waals surface area contributed by atoms with Crippen molar-refractivity contribution in [3.63, 3.8) is 0 Å². The van der Waals surface area contributed by atoms with Gasteiger partial charge >= 0.3 is 5.97 Å². The van der Waals surface area contributed by atoms with Gasteiger partial charge in [-0.2, -0.15) is 0 Å². The number of hydrogen-bond acceptors (Lipinski definition) is 5. The summed E-state index contributed by atoms with van der Waals surface area (Å²) in [6.45, 7) is 4.22. The van der Waals surface area contributed by atoms with Crippen LogP contribution in [0.5, 0.6) is 0 Å². The first kappa shape index (κ1) is 16.6. The third-order valence-corrected chi connectivity index (χ3v) is 4.23. The smallest absolute Gasteiger partial charge is 0.341 e. The first-order valence-electron chi connectivity index (χ1n) is 8.14. The van der Waals surface area contributed by atoms with Crippen LogP contribution in [0.15, 0.2) is 24.4 Å². The molecule has 1 aromatic carbocycles. The molecule has 2 heterocycles. The van der Waals surface area contributed by atoms with Gasteiger partial charge in [0, 0.05) is 37.7 Å². The summed E-state index contributed by atoms with van der Waals surface area (Å²) < 4.78 is 24.4. The van der Waals surface area contributed by atoms with Crippen LogP contribution in [0.3, 0.4) is 0 Å². The van der Waals surface area contributed by atoms with E-state index in [1.807, 2.05) is 11.9 Å². The second-order valence-corrected chi connectivity index (χ2v) is 6.01. The van der Waals surface area contributed by atoms with Crippen LogP contribution in [0.1, 0.15) is 23.7 Å². The molecule has 1 saturated heterocycles. The number of carbonyl (C=O) groups is 1. The third-order valence-electron chi connectivity index (χ3n) is 4.23. The third kappa shape index (κ3) is 3.33. The zero-order valence-electron chi connectivity index (χ0n) is 13.9. The Morgan fingerprint density at radius 2 is 2.33 bits per heavy atom. The molecule has 1 aromatic heterocycles. The van der Waals surface area contributed by atoms with Crippen LogP contribution in [-0.2, 0) is 9.47 Å². The number of aromatic nitrogens is 1. The van der Waals surface area contributed by atoms with Crippen molar-refractivity contribution >= 4 is 22.6 Å². The maximum atomic E-state index is 13.8. The van der Waals surface area contributed by atoms with Gasteiger partial charge in [0.15, 0.2) is 0 Å². The molecule has 1 aliphatic heterocycles.